The van der Waals surface area contributed by atoms with Crippen molar-refractivity contribution in [3.05, 3.63) is 60.7 Å². The van der Waals surface area contributed by atoms with Gasteiger partial charge in [-0.3, -0.25) is 0 Å². The van der Waals surface area contributed by atoms with Gasteiger partial charge in [-0.2, -0.15) is 0 Å². The van der Waals surface area contributed by atoms with E-state index in [1.165, 1.54) is 11.4 Å². The quantitative estimate of drug-likeness (QED) is 0.719. The van der Waals surface area contributed by atoms with Crippen LogP contribution in [0.4, 0.5) is 11.4 Å². The molecule has 0 aliphatic carbocycles. The fourth-order valence-corrected chi connectivity index (χ4v) is 2.29. The second kappa shape index (κ2) is 4.54. The van der Waals surface area contributed by atoms with E-state index >= 15 is 0 Å². The van der Waals surface area contributed by atoms with Gasteiger partial charge in [0.25, 0.3) is 0 Å². The maximum Gasteiger partial charge on any atom is 0.356 e. The predicted octanol–water partition coefficient (Wildman–Crippen LogP) is 2.28. The monoisotopic (exact) mass is 222 g/mol. The molecule has 2 aromatic carbocycles. The van der Waals surface area contributed by atoms with Gasteiger partial charge in [-0.1, -0.05) is 36.4 Å². The summed E-state index contributed by atoms with van der Waals surface area (Å²) in [6.07, 6.45) is 0. The minimum Gasteiger partial charge on any atom is -0.397 e. The Morgan fingerprint density at radius 1 is 0.647 bits per heavy atom. The molecule has 0 saturated carbocycles. The van der Waals surface area contributed by atoms with Crippen molar-refractivity contribution in [2.24, 2.45) is 0 Å². The molecule has 17 heavy (non-hydrogen) atoms. The second-order valence-corrected chi connectivity index (χ2v) is 4.34. The Morgan fingerprint density at radius 2 is 1.06 bits per heavy atom. The first-order valence-electron chi connectivity index (χ1n) is 6.03. The van der Waals surface area contributed by atoms with Crippen LogP contribution in [-0.4, -0.2) is 20.6 Å². The summed E-state index contributed by atoms with van der Waals surface area (Å²) in [6.45, 7) is 2.19. The molecule has 0 N–H and O–H groups in total. The number of nitrogens with zero attached hydrogens (tertiary/aromatic N) is 2. The number of anilines is 2. The molecular weight excluding hydrogens is 207 g/mol. The van der Waals surface area contributed by atoms with Crippen molar-refractivity contribution in [2.75, 3.05) is 22.7 Å². The summed E-state index contributed by atoms with van der Waals surface area (Å²) in [5, 5.41) is 0. The van der Waals surface area contributed by atoms with Crippen molar-refractivity contribution >= 4 is 18.9 Å². The average molecular weight is 222 g/mol. The van der Waals surface area contributed by atoms with Gasteiger partial charge in [0.2, 0.25) is 0 Å². The van der Waals surface area contributed by atoms with Gasteiger partial charge in [0, 0.05) is 24.5 Å². The van der Waals surface area contributed by atoms with Gasteiger partial charge < -0.3 is 9.62 Å². The number of hydrogen-bond donors (Lipinski definition) is 0. The predicted molar refractivity (Wildman–Crippen MR) is 74.7 cm³/mol. The normalized spacial score (nSPS) is 14.8. The molecule has 0 bridgehead atoms. The molecule has 0 spiro atoms. The Hall–Kier alpha value is -1.90. The molecule has 84 valence electrons. The van der Waals surface area contributed by atoms with Gasteiger partial charge in [0.1, 0.15) is 0 Å². The highest BCUT2D eigenvalue weighted by molar-refractivity contribution is 6.48. The van der Waals surface area contributed by atoms with Crippen molar-refractivity contribution in [3.8, 4) is 0 Å². The Kier molecular flexibility index (Phi) is 2.74. The number of rotatable bonds is 2. The minimum atomic E-state index is 0.980. The molecule has 0 unspecified atom stereocenters. The zero-order valence-electron chi connectivity index (χ0n) is 9.79. The summed E-state index contributed by atoms with van der Waals surface area (Å²) in [6, 6.07) is 21.2. The first-order chi connectivity index (χ1) is 8.43. The smallest absolute Gasteiger partial charge is 0.356 e. The van der Waals surface area contributed by atoms with Crippen LogP contribution < -0.4 is 9.62 Å². The third kappa shape index (κ3) is 2.14. The van der Waals surface area contributed by atoms with Gasteiger partial charge >= 0.3 is 7.55 Å². The van der Waals surface area contributed by atoms with Crippen molar-refractivity contribution in [1.82, 2.24) is 0 Å². The fourth-order valence-electron chi connectivity index (χ4n) is 2.29. The molecule has 0 atom stereocenters. The Morgan fingerprint density at radius 3 is 1.47 bits per heavy atom. The number of para-hydroxylation sites is 2. The summed E-state index contributed by atoms with van der Waals surface area (Å²) in [4.78, 5) is 4.82. The Balaban J connectivity index is 1.75. The first kappa shape index (κ1) is 10.3. The molecule has 1 aliphatic rings. The topological polar surface area (TPSA) is 6.48 Å². The molecule has 1 saturated heterocycles. The third-order valence-electron chi connectivity index (χ3n) is 3.22. The van der Waals surface area contributed by atoms with Crippen LogP contribution >= 0.6 is 0 Å². The van der Waals surface area contributed by atoms with Gasteiger partial charge in [0.05, 0.1) is 0 Å². The largest absolute Gasteiger partial charge is 0.397 e. The lowest BCUT2D eigenvalue weighted by Crippen LogP contribution is -2.29. The van der Waals surface area contributed by atoms with Crippen LogP contribution in [-0.2, 0) is 0 Å². The second-order valence-electron chi connectivity index (χ2n) is 4.34. The van der Waals surface area contributed by atoms with E-state index in [2.05, 4.69) is 70.3 Å². The molecule has 3 rings (SSSR count). The van der Waals surface area contributed by atoms with E-state index in [1.807, 2.05) is 0 Å². The molecule has 2 aromatic rings. The lowest BCUT2D eigenvalue weighted by molar-refractivity contribution is 1.02. The van der Waals surface area contributed by atoms with E-state index in [1.54, 1.807) is 0 Å². The maximum absolute atomic E-state index is 2.41. The maximum atomic E-state index is 2.41. The van der Waals surface area contributed by atoms with Crippen molar-refractivity contribution in [1.29, 1.82) is 0 Å². The lowest BCUT2D eigenvalue weighted by Gasteiger charge is -2.19. The summed E-state index contributed by atoms with van der Waals surface area (Å²) in [5.74, 6) is 0. The van der Waals surface area contributed by atoms with Crippen molar-refractivity contribution < 1.29 is 0 Å². The van der Waals surface area contributed by atoms with Crippen LogP contribution in [0.3, 0.4) is 0 Å². The highest BCUT2D eigenvalue weighted by Gasteiger charge is 2.22. The molecule has 2 nitrogen and oxygen atoms in total. The van der Waals surface area contributed by atoms with Gasteiger partial charge in [-0.15, -0.1) is 0 Å². The number of hydrogen-bond acceptors (Lipinski definition) is 2. The summed E-state index contributed by atoms with van der Waals surface area (Å²) in [7, 11) is 0.980. The Bertz CT molecular complexity index is 427. The van der Waals surface area contributed by atoms with Gasteiger partial charge in [0.15, 0.2) is 0 Å². The summed E-state index contributed by atoms with van der Waals surface area (Å²) < 4.78 is 0. The SMILES string of the molecule is B1N(c2ccccc2)CCN1c1ccccc1. The van der Waals surface area contributed by atoms with Crippen LogP contribution in [0.5, 0.6) is 0 Å². The standard InChI is InChI=1S/C14H15BN2/c1-3-7-13(8-4-1)16-11-12-17(15-16)14-9-5-2-6-10-14/h1-10,15H,11-12H2. The highest BCUT2D eigenvalue weighted by Crippen LogP contribution is 2.20. The molecule has 0 aromatic heterocycles. The lowest BCUT2D eigenvalue weighted by atomic mass is 10.1. The van der Waals surface area contributed by atoms with Crippen LogP contribution in [0.2, 0.25) is 0 Å². The van der Waals surface area contributed by atoms with E-state index in [4.69, 9.17) is 0 Å². The van der Waals surface area contributed by atoms with Crippen LogP contribution in [0.1, 0.15) is 0 Å². The highest BCUT2D eigenvalue weighted by atomic mass is 15.3. The summed E-state index contributed by atoms with van der Waals surface area (Å²) in [5.41, 5.74) is 2.62. The molecule has 1 heterocycles. The van der Waals surface area contributed by atoms with E-state index in [-0.39, 0.29) is 0 Å². The Labute approximate surface area is 103 Å². The molecule has 0 radical (unpaired) electrons. The van der Waals surface area contributed by atoms with Crippen LogP contribution in [0, 0.1) is 0 Å². The zero-order valence-corrected chi connectivity index (χ0v) is 9.79. The molecule has 1 fully saturated rings. The van der Waals surface area contributed by atoms with E-state index < -0.39 is 0 Å². The van der Waals surface area contributed by atoms with E-state index in [0.29, 0.717) is 0 Å². The van der Waals surface area contributed by atoms with Gasteiger partial charge in [-0.25, -0.2) is 0 Å². The molecule has 0 amide bonds. The zero-order chi connectivity index (χ0) is 11.5. The van der Waals surface area contributed by atoms with Crippen molar-refractivity contribution in [2.45, 2.75) is 0 Å². The average Bonchev–Trinajstić information content (AvgIpc) is 2.90. The van der Waals surface area contributed by atoms with E-state index in [9.17, 15) is 0 Å². The first-order valence-corrected chi connectivity index (χ1v) is 6.03. The van der Waals surface area contributed by atoms with Crippen LogP contribution in [0.15, 0.2) is 60.7 Å². The third-order valence-corrected chi connectivity index (χ3v) is 3.22. The van der Waals surface area contributed by atoms with Crippen molar-refractivity contribution in [3.63, 3.8) is 0 Å². The van der Waals surface area contributed by atoms with E-state index in [0.717, 1.165) is 20.6 Å². The fraction of sp³-hybridized carbons (Fsp3) is 0.143. The van der Waals surface area contributed by atoms with Gasteiger partial charge in [-0.05, 0) is 24.3 Å². The minimum absolute atomic E-state index is 0.980. The molecule has 1 aliphatic heterocycles. The number of benzene rings is 2. The molecule has 3 heteroatoms. The van der Waals surface area contributed by atoms with Crippen LogP contribution in [0.25, 0.3) is 0 Å². The summed E-state index contributed by atoms with van der Waals surface area (Å²) >= 11 is 0. The molecular formula is C14H15BN2.